The minimum absolute atomic E-state index is 0.00715. The van der Waals surface area contributed by atoms with Gasteiger partial charge in [0, 0.05) is 36.9 Å². The number of amides is 1. The highest BCUT2D eigenvalue weighted by atomic mass is 35.5. The van der Waals surface area contributed by atoms with Crippen LogP contribution in [0.25, 0.3) is 0 Å². The number of hydrogen-bond donors (Lipinski definition) is 0. The van der Waals surface area contributed by atoms with Gasteiger partial charge in [-0.2, -0.15) is 0 Å². The Morgan fingerprint density at radius 3 is 2.86 bits per heavy atom. The van der Waals surface area contributed by atoms with Gasteiger partial charge in [-0.3, -0.25) is 9.36 Å². The Balaban J connectivity index is 1.40. The second kappa shape index (κ2) is 8.61. The molecule has 1 saturated heterocycles. The maximum Gasteiger partial charge on any atom is 0.347 e. The standard InChI is InChI=1S/C21H21ClN4O3/c22-17-6-4-15(5-7-17)11-18-12-24-20(29-18)16-3-1-9-25(13-16)19(27)14-26-10-2-8-23-21(26)28/h2,4-8,10,12,16H,1,3,9,11,13-14H2. The number of nitrogens with zero attached hydrogens (tertiary/aromatic N) is 4. The molecule has 3 aromatic rings. The van der Waals surface area contributed by atoms with E-state index in [1.165, 1.54) is 10.8 Å². The average Bonchev–Trinajstić information content (AvgIpc) is 3.20. The van der Waals surface area contributed by atoms with E-state index in [1.807, 2.05) is 24.3 Å². The van der Waals surface area contributed by atoms with Crippen molar-refractivity contribution in [3.05, 3.63) is 81.6 Å². The number of carbonyl (C=O) groups excluding carboxylic acids is 1. The van der Waals surface area contributed by atoms with E-state index in [9.17, 15) is 9.59 Å². The van der Waals surface area contributed by atoms with Crippen LogP contribution in [0, 0.1) is 0 Å². The van der Waals surface area contributed by atoms with Gasteiger partial charge in [0.15, 0.2) is 5.89 Å². The van der Waals surface area contributed by atoms with Crippen LogP contribution in [0.5, 0.6) is 0 Å². The summed E-state index contributed by atoms with van der Waals surface area (Å²) in [5.41, 5.74) is 0.674. The first-order chi connectivity index (χ1) is 14.1. The average molecular weight is 413 g/mol. The number of rotatable bonds is 5. The first kappa shape index (κ1) is 19.4. The highest BCUT2D eigenvalue weighted by Gasteiger charge is 2.28. The van der Waals surface area contributed by atoms with Crippen molar-refractivity contribution in [1.29, 1.82) is 0 Å². The molecular weight excluding hydrogens is 392 g/mol. The van der Waals surface area contributed by atoms with Crippen LogP contribution in [0.1, 0.15) is 36.0 Å². The summed E-state index contributed by atoms with van der Waals surface area (Å²) in [5, 5.41) is 0.701. The molecule has 1 amide bonds. The van der Waals surface area contributed by atoms with Gasteiger partial charge < -0.3 is 9.32 Å². The molecule has 0 radical (unpaired) electrons. The fourth-order valence-electron chi connectivity index (χ4n) is 3.55. The highest BCUT2D eigenvalue weighted by molar-refractivity contribution is 6.30. The van der Waals surface area contributed by atoms with Crippen molar-refractivity contribution >= 4 is 17.5 Å². The minimum Gasteiger partial charge on any atom is -0.445 e. The third-order valence-corrected chi connectivity index (χ3v) is 5.33. The fraction of sp³-hybridized carbons (Fsp3) is 0.333. The van der Waals surface area contributed by atoms with Crippen LogP contribution in [0.4, 0.5) is 0 Å². The van der Waals surface area contributed by atoms with Gasteiger partial charge in [0.25, 0.3) is 0 Å². The Kier molecular flexibility index (Phi) is 5.76. The Bertz CT molecular complexity index is 1040. The number of hydrogen-bond acceptors (Lipinski definition) is 5. The van der Waals surface area contributed by atoms with Crippen LogP contribution in [-0.2, 0) is 17.8 Å². The smallest absolute Gasteiger partial charge is 0.347 e. The predicted molar refractivity (Wildman–Crippen MR) is 108 cm³/mol. The lowest BCUT2D eigenvalue weighted by atomic mass is 9.98. The Hall–Kier alpha value is -2.93. The van der Waals surface area contributed by atoms with Gasteiger partial charge in [-0.1, -0.05) is 23.7 Å². The molecule has 1 unspecified atom stereocenters. The van der Waals surface area contributed by atoms with E-state index >= 15 is 0 Å². The summed E-state index contributed by atoms with van der Waals surface area (Å²) in [6, 6.07) is 9.28. The van der Waals surface area contributed by atoms with Gasteiger partial charge in [-0.05, 0) is 36.6 Å². The van der Waals surface area contributed by atoms with Gasteiger partial charge in [0.1, 0.15) is 12.3 Å². The van der Waals surface area contributed by atoms with Crippen molar-refractivity contribution < 1.29 is 9.21 Å². The van der Waals surface area contributed by atoms with E-state index in [2.05, 4.69) is 9.97 Å². The number of benzene rings is 1. The minimum atomic E-state index is -0.422. The van der Waals surface area contributed by atoms with Gasteiger partial charge in [-0.15, -0.1) is 0 Å². The number of oxazole rings is 1. The molecule has 1 aliphatic heterocycles. The summed E-state index contributed by atoms with van der Waals surface area (Å²) < 4.78 is 7.30. The van der Waals surface area contributed by atoms with E-state index < -0.39 is 5.69 Å². The molecule has 1 atom stereocenters. The zero-order valence-corrected chi connectivity index (χ0v) is 16.6. The second-order valence-corrected chi connectivity index (χ2v) is 7.61. The third-order valence-electron chi connectivity index (χ3n) is 5.07. The summed E-state index contributed by atoms with van der Waals surface area (Å²) in [7, 11) is 0. The molecular formula is C21H21ClN4O3. The van der Waals surface area contributed by atoms with Gasteiger partial charge >= 0.3 is 5.69 Å². The van der Waals surface area contributed by atoms with Gasteiger partial charge in [0.05, 0.1) is 12.1 Å². The highest BCUT2D eigenvalue weighted by Crippen LogP contribution is 2.27. The molecule has 1 aliphatic rings. The summed E-state index contributed by atoms with van der Waals surface area (Å²) in [5.74, 6) is 1.40. The summed E-state index contributed by atoms with van der Waals surface area (Å²) >= 11 is 5.93. The van der Waals surface area contributed by atoms with Gasteiger partial charge in [-0.25, -0.2) is 14.8 Å². The van der Waals surface area contributed by atoms with Crippen LogP contribution in [0.15, 0.2) is 58.1 Å². The number of carbonyl (C=O) groups is 1. The van der Waals surface area contributed by atoms with Crippen LogP contribution < -0.4 is 5.69 Å². The van der Waals surface area contributed by atoms with Crippen molar-refractivity contribution in [1.82, 2.24) is 19.4 Å². The van der Waals surface area contributed by atoms with Crippen molar-refractivity contribution in [2.24, 2.45) is 0 Å². The molecule has 0 N–H and O–H groups in total. The zero-order valence-electron chi connectivity index (χ0n) is 15.8. The zero-order chi connectivity index (χ0) is 20.2. The number of likely N-dealkylation sites (tertiary alicyclic amines) is 1. The molecule has 1 aromatic carbocycles. The number of halogens is 1. The lowest BCUT2D eigenvalue weighted by Crippen LogP contribution is -2.42. The lowest BCUT2D eigenvalue weighted by molar-refractivity contribution is -0.133. The van der Waals surface area contributed by atoms with Crippen molar-refractivity contribution in [3.63, 3.8) is 0 Å². The summed E-state index contributed by atoms with van der Waals surface area (Å²) in [6.07, 6.45) is 7.17. The Morgan fingerprint density at radius 2 is 2.07 bits per heavy atom. The first-order valence-electron chi connectivity index (χ1n) is 9.57. The Labute approximate surface area is 173 Å². The molecule has 4 rings (SSSR count). The lowest BCUT2D eigenvalue weighted by Gasteiger charge is -2.31. The number of aromatic nitrogens is 3. The van der Waals surface area contributed by atoms with E-state index in [-0.39, 0.29) is 18.4 Å². The van der Waals surface area contributed by atoms with Crippen LogP contribution >= 0.6 is 11.6 Å². The normalized spacial score (nSPS) is 16.7. The second-order valence-electron chi connectivity index (χ2n) is 7.18. The maximum atomic E-state index is 12.6. The SMILES string of the molecule is O=C(Cn1cccnc1=O)N1CCCC(c2ncc(Cc3ccc(Cl)cc3)o2)C1. The quantitative estimate of drug-likeness (QED) is 0.643. The van der Waals surface area contributed by atoms with Crippen LogP contribution in [0.3, 0.4) is 0 Å². The van der Waals surface area contributed by atoms with E-state index in [0.717, 1.165) is 24.2 Å². The number of piperidine rings is 1. The summed E-state index contributed by atoms with van der Waals surface area (Å²) in [4.78, 5) is 34.3. The van der Waals surface area contributed by atoms with Crippen molar-refractivity contribution in [3.8, 4) is 0 Å². The van der Waals surface area contributed by atoms with E-state index in [4.69, 9.17) is 16.0 Å². The topological polar surface area (TPSA) is 81.2 Å². The maximum absolute atomic E-state index is 12.6. The van der Waals surface area contributed by atoms with Crippen LogP contribution in [0.2, 0.25) is 5.02 Å². The van der Waals surface area contributed by atoms with Crippen LogP contribution in [-0.4, -0.2) is 38.4 Å². The van der Waals surface area contributed by atoms with Crippen molar-refractivity contribution in [2.75, 3.05) is 13.1 Å². The molecule has 0 saturated carbocycles. The monoisotopic (exact) mass is 412 g/mol. The largest absolute Gasteiger partial charge is 0.445 e. The molecule has 7 nitrogen and oxygen atoms in total. The predicted octanol–water partition coefficient (Wildman–Crippen LogP) is 2.88. The van der Waals surface area contributed by atoms with E-state index in [1.54, 1.807) is 23.4 Å². The molecule has 8 heteroatoms. The first-order valence-corrected chi connectivity index (χ1v) is 9.94. The third kappa shape index (κ3) is 4.74. The fourth-order valence-corrected chi connectivity index (χ4v) is 3.68. The molecule has 2 aromatic heterocycles. The molecule has 0 spiro atoms. The van der Waals surface area contributed by atoms with Gasteiger partial charge in [0.2, 0.25) is 5.91 Å². The molecule has 1 fully saturated rings. The molecule has 0 bridgehead atoms. The van der Waals surface area contributed by atoms with Crippen molar-refractivity contribution in [2.45, 2.75) is 31.7 Å². The molecule has 150 valence electrons. The molecule has 0 aliphatic carbocycles. The van der Waals surface area contributed by atoms with E-state index in [0.29, 0.717) is 30.4 Å². The molecule has 29 heavy (non-hydrogen) atoms. The molecule has 3 heterocycles. The summed E-state index contributed by atoms with van der Waals surface area (Å²) in [6.45, 7) is 1.20. The Morgan fingerprint density at radius 1 is 1.24 bits per heavy atom.